The maximum absolute atomic E-state index is 13.1. The van der Waals surface area contributed by atoms with Gasteiger partial charge in [0.05, 0.1) is 12.0 Å². The molecule has 3 rings (SSSR count). The lowest BCUT2D eigenvalue weighted by Crippen LogP contribution is -2.46. The van der Waals surface area contributed by atoms with E-state index in [0.29, 0.717) is 5.56 Å². The summed E-state index contributed by atoms with van der Waals surface area (Å²) in [6, 6.07) is 16.5. The molecule has 2 aromatic carbocycles. The molecule has 0 radical (unpaired) electrons. The Kier molecular flexibility index (Phi) is 6.75. The van der Waals surface area contributed by atoms with E-state index in [1.165, 1.54) is 0 Å². The number of hydrogen-bond acceptors (Lipinski definition) is 6. The fourth-order valence-corrected chi connectivity index (χ4v) is 3.50. The molecule has 0 spiro atoms. The van der Waals surface area contributed by atoms with Gasteiger partial charge in [-0.15, -0.1) is 0 Å². The fraction of sp³-hybridized carbons (Fsp3) is 0.375. The van der Waals surface area contributed by atoms with Crippen molar-refractivity contribution in [2.75, 3.05) is 0 Å². The Labute approximate surface area is 181 Å². The Bertz CT molecular complexity index is 922. The molecule has 2 aromatic rings. The predicted molar refractivity (Wildman–Crippen MR) is 113 cm³/mol. The van der Waals surface area contributed by atoms with Crippen LogP contribution in [0.2, 0.25) is 0 Å². The van der Waals surface area contributed by atoms with Crippen molar-refractivity contribution in [3.63, 3.8) is 0 Å². The molecule has 0 saturated carbocycles. The Balaban J connectivity index is 1.82. The first-order valence-electron chi connectivity index (χ1n) is 10.2. The topological polar surface area (TPSA) is 93.1 Å². The van der Waals surface area contributed by atoms with Crippen LogP contribution in [0.3, 0.4) is 0 Å². The molecule has 2 unspecified atom stereocenters. The van der Waals surface area contributed by atoms with Gasteiger partial charge in [-0.1, -0.05) is 60.7 Å². The van der Waals surface area contributed by atoms with Gasteiger partial charge in [0.15, 0.2) is 0 Å². The van der Waals surface area contributed by atoms with Crippen LogP contribution in [-0.4, -0.2) is 39.6 Å². The van der Waals surface area contributed by atoms with Crippen molar-refractivity contribution in [2.24, 2.45) is 5.92 Å². The van der Waals surface area contributed by atoms with Crippen LogP contribution in [0, 0.1) is 5.92 Å². The number of amides is 2. The van der Waals surface area contributed by atoms with Crippen molar-refractivity contribution in [1.29, 1.82) is 0 Å². The normalized spacial score (nSPS) is 19.7. The van der Waals surface area contributed by atoms with Crippen molar-refractivity contribution in [2.45, 2.75) is 51.5 Å². The fourth-order valence-electron chi connectivity index (χ4n) is 3.50. The van der Waals surface area contributed by atoms with Gasteiger partial charge in [-0.2, -0.15) is 0 Å². The van der Waals surface area contributed by atoms with E-state index in [1.54, 1.807) is 75.4 Å². The highest BCUT2D eigenvalue weighted by atomic mass is 16.6. The van der Waals surface area contributed by atoms with Crippen molar-refractivity contribution in [1.82, 2.24) is 4.90 Å². The molecule has 1 fully saturated rings. The molecule has 1 aliphatic rings. The number of nitrogens with zero attached hydrogens (tertiary/aromatic N) is 1. The van der Waals surface area contributed by atoms with E-state index in [1.807, 2.05) is 6.07 Å². The number of likely N-dealkylation sites (tertiary alicyclic amines) is 1. The van der Waals surface area contributed by atoms with Gasteiger partial charge in [0.1, 0.15) is 18.2 Å². The lowest BCUT2D eigenvalue weighted by Gasteiger charge is -2.25. The van der Waals surface area contributed by atoms with E-state index in [-0.39, 0.29) is 13.0 Å². The molecule has 164 valence electrons. The van der Waals surface area contributed by atoms with E-state index in [9.17, 15) is 19.5 Å². The number of hydrogen-bond donors (Lipinski definition) is 1. The predicted octanol–water partition coefficient (Wildman–Crippen LogP) is 3.62. The first kappa shape index (κ1) is 22.5. The minimum atomic E-state index is -1.17. The van der Waals surface area contributed by atoms with Gasteiger partial charge in [-0.05, 0) is 38.3 Å². The second-order valence-corrected chi connectivity index (χ2v) is 8.50. The van der Waals surface area contributed by atoms with Crippen LogP contribution >= 0.6 is 0 Å². The van der Waals surface area contributed by atoms with Crippen molar-refractivity contribution in [3.8, 4) is 0 Å². The third kappa shape index (κ3) is 5.49. The summed E-state index contributed by atoms with van der Waals surface area (Å²) in [7, 11) is 0. The maximum atomic E-state index is 13.1. The Morgan fingerprint density at radius 2 is 1.65 bits per heavy atom. The van der Waals surface area contributed by atoms with Gasteiger partial charge < -0.3 is 14.6 Å². The molecule has 1 heterocycles. The minimum absolute atomic E-state index is 0.0452. The molecular formula is C24H27NO6. The molecule has 7 nitrogen and oxygen atoms in total. The summed E-state index contributed by atoms with van der Waals surface area (Å²) in [6.07, 6.45) is -2.15. The average molecular weight is 425 g/mol. The molecule has 1 aliphatic heterocycles. The second-order valence-electron chi connectivity index (χ2n) is 8.50. The average Bonchev–Trinajstić information content (AvgIpc) is 3.09. The molecular weight excluding hydrogens is 398 g/mol. The van der Waals surface area contributed by atoms with Crippen molar-refractivity contribution in [3.05, 3.63) is 71.8 Å². The summed E-state index contributed by atoms with van der Waals surface area (Å²) in [5, 5.41) is 10.8. The number of benzene rings is 2. The molecule has 0 bridgehead atoms. The number of ether oxygens (including phenoxy) is 2. The van der Waals surface area contributed by atoms with Gasteiger partial charge >= 0.3 is 12.1 Å². The summed E-state index contributed by atoms with van der Waals surface area (Å²) >= 11 is 0. The van der Waals surface area contributed by atoms with Crippen LogP contribution in [-0.2, 0) is 25.7 Å². The number of imide groups is 1. The summed E-state index contributed by atoms with van der Waals surface area (Å²) in [6.45, 7) is 5.07. The maximum Gasteiger partial charge on any atom is 0.417 e. The van der Waals surface area contributed by atoms with Crippen LogP contribution in [0.25, 0.3) is 0 Å². The van der Waals surface area contributed by atoms with Crippen LogP contribution in [0.15, 0.2) is 60.7 Å². The lowest BCUT2D eigenvalue weighted by molar-refractivity contribution is -0.161. The molecule has 1 saturated heterocycles. The van der Waals surface area contributed by atoms with Gasteiger partial charge in [-0.25, -0.2) is 14.5 Å². The Hall–Kier alpha value is -3.19. The first-order chi connectivity index (χ1) is 14.7. The highest BCUT2D eigenvalue weighted by molar-refractivity contribution is 6.01. The first-order valence-corrected chi connectivity index (χ1v) is 10.2. The van der Waals surface area contributed by atoms with Gasteiger partial charge in [0.2, 0.25) is 5.91 Å². The van der Waals surface area contributed by atoms with Crippen molar-refractivity contribution < 1.29 is 29.0 Å². The van der Waals surface area contributed by atoms with Gasteiger partial charge in [0.25, 0.3) is 0 Å². The van der Waals surface area contributed by atoms with Crippen molar-refractivity contribution >= 4 is 18.0 Å². The summed E-state index contributed by atoms with van der Waals surface area (Å²) in [5.74, 6) is -2.34. The van der Waals surface area contributed by atoms with E-state index in [2.05, 4.69) is 0 Å². The number of carbonyl (C=O) groups excluding carboxylic acids is 3. The molecule has 0 aromatic heterocycles. The smallest absolute Gasteiger partial charge is 0.417 e. The number of aliphatic hydroxyl groups excluding tert-OH is 1. The highest BCUT2D eigenvalue weighted by Crippen LogP contribution is 2.36. The van der Waals surface area contributed by atoms with Crippen LogP contribution in [0.4, 0.5) is 4.79 Å². The second kappa shape index (κ2) is 9.31. The monoisotopic (exact) mass is 425 g/mol. The highest BCUT2D eigenvalue weighted by Gasteiger charge is 2.51. The standard InChI is InChI=1S/C24H27NO6/c1-24(2,3)31-22(28)19-14-18(20(26)17-12-8-5-9-13-17)21(27)25(19)23(29)30-15-16-10-6-4-7-11-16/h4-13,18-20,26H,14-15H2,1-3H3/t18?,19-,20?/m0/s1. The molecule has 3 atom stereocenters. The van der Waals surface area contributed by atoms with Crippen LogP contribution < -0.4 is 0 Å². The largest absolute Gasteiger partial charge is 0.458 e. The van der Waals surface area contributed by atoms with E-state index in [4.69, 9.17) is 9.47 Å². The third-order valence-corrected chi connectivity index (χ3v) is 4.95. The molecule has 1 N–H and O–H groups in total. The number of aliphatic hydroxyl groups is 1. The van der Waals surface area contributed by atoms with Gasteiger partial charge in [-0.3, -0.25) is 4.79 Å². The summed E-state index contributed by atoms with van der Waals surface area (Å²) in [5.41, 5.74) is 0.482. The van der Waals surface area contributed by atoms with Gasteiger partial charge in [0, 0.05) is 0 Å². The molecule has 7 heteroatoms. The van der Waals surface area contributed by atoms with E-state index < -0.39 is 41.6 Å². The van der Waals surface area contributed by atoms with E-state index in [0.717, 1.165) is 10.5 Å². The number of rotatable bonds is 5. The number of esters is 1. The number of carbonyl (C=O) groups is 3. The minimum Gasteiger partial charge on any atom is -0.458 e. The summed E-state index contributed by atoms with van der Waals surface area (Å²) < 4.78 is 10.7. The zero-order chi connectivity index (χ0) is 22.6. The third-order valence-electron chi connectivity index (χ3n) is 4.95. The summed E-state index contributed by atoms with van der Waals surface area (Å²) in [4.78, 5) is 39.5. The molecule has 2 amide bonds. The zero-order valence-corrected chi connectivity index (χ0v) is 17.9. The SMILES string of the molecule is CC(C)(C)OC(=O)[C@@H]1CC(C(O)c2ccccc2)C(=O)N1C(=O)OCc1ccccc1. The Morgan fingerprint density at radius 3 is 2.23 bits per heavy atom. The van der Waals surface area contributed by atoms with E-state index >= 15 is 0 Å². The lowest BCUT2D eigenvalue weighted by atomic mass is 9.93. The molecule has 31 heavy (non-hydrogen) atoms. The quantitative estimate of drug-likeness (QED) is 0.736. The zero-order valence-electron chi connectivity index (χ0n) is 17.9. The van der Waals surface area contributed by atoms with Crippen LogP contribution in [0.1, 0.15) is 44.4 Å². The molecule has 0 aliphatic carbocycles. The van der Waals surface area contributed by atoms with Crippen LogP contribution in [0.5, 0.6) is 0 Å². The Morgan fingerprint density at radius 1 is 1.06 bits per heavy atom.